The molecule has 0 saturated carbocycles. The van der Waals surface area contributed by atoms with Crippen LogP contribution >= 0.6 is 11.8 Å². The number of ether oxygens (including phenoxy) is 1. The predicted molar refractivity (Wildman–Crippen MR) is 79.3 cm³/mol. The molecule has 1 N–H and O–H groups in total. The first kappa shape index (κ1) is 13.9. The van der Waals surface area contributed by atoms with Crippen LogP contribution in [0.25, 0.3) is 0 Å². The van der Waals surface area contributed by atoms with E-state index in [1.807, 2.05) is 18.8 Å². The number of aryl methyl sites for hydroxylation is 1. The molecule has 1 heterocycles. The minimum absolute atomic E-state index is 0.450. The molecule has 0 amide bonds. The van der Waals surface area contributed by atoms with Gasteiger partial charge in [0.1, 0.15) is 0 Å². The van der Waals surface area contributed by atoms with Gasteiger partial charge in [0.2, 0.25) is 0 Å². The molecule has 1 atom stereocenters. The highest BCUT2D eigenvalue weighted by atomic mass is 32.2. The second-order valence-electron chi connectivity index (χ2n) is 4.83. The second kappa shape index (κ2) is 7.17. The lowest BCUT2D eigenvalue weighted by Crippen LogP contribution is -2.32. The highest BCUT2D eigenvalue weighted by Gasteiger charge is 2.20. The lowest BCUT2D eigenvalue weighted by atomic mass is 10.0. The van der Waals surface area contributed by atoms with Gasteiger partial charge in [-0.05, 0) is 24.6 Å². The van der Waals surface area contributed by atoms with Crippen molar-refractivity contribution >= 4 is 11.8 Å². The summed E-state index contributed by atoms with van der Waals surface area (Å²) in [5.41, 5.74) is 2.83. The molecule has 1 aromatic rings. The summed E-state index contributed by atoms with van der Waals surface area (Å²) in [5, 5.41) is 4.12. The molecule has 0 spiro atoms. The molecule has 1 aromatic carbocycles. The third kappa shape index (κ3) is 3.74. The Labute approximate surface area is 114 Å². The van der Waals surface area contributed by atoms with Crippen LogP contribution in [0.1, 0.15) is 30.5 Å². The minimum Gasteiger partial charge on any atom is -0.379 e. The Hall–Kier alpha value is -0.510. The summed E-state index contributed by atoms with van der Waals surface area (Å²) in [6.45, 7) is 4.08. The number of hydrogen-bond donors (Lipinski definition) is 1. The van der Waals surface area contributed by atoms with Gasteiger partial charge >= 0.3 is 0 Å². The SMILES string of the molecule is CCCc1ccc(C(CSC2COC2)NC)cc1. The van der Waals surface area contributed by atoms with Crippen molar-refractivity contribution in [3.05, 3.63) is 35.4 Å². The van der Waals surface area contributed by atoms with Crippen LogP contribution in [-0.2, 0) is 11.2 Å². The molecule has 2 nitrogen and oxygen atoms in total. The molecule has 1 aliphatic heterocycles. The van der Waals surface area contributed by atoms with Gasteiger partial charge in [-0.1, -0.05) is 37.6 Å². The van der Waals surface area contributed by atoms with E-state index in [0.717, 1.165) is 19.0 Å². The highest BCUT2D eigenvalue weighted by molar-refractivity contribution is 8.00. The normalized spacial score (nSPS) is 17.4. The van der Waals surface area contributed by atoms with Crippen LogP contribution in [0.3, 0.4) is 0 Å². The monoisotopic (exact) mass is 265 g/mol. The van der Waals surface area contributed by atoms with Gasteiger partial charge in [-0.2, -0.15) is 11.8 Å². The van der Waals surface area contributed by atoms with Gasteiger partial charge in [-0.3, -0.25) is 0 Å². The van der Waals surface area contributed by atoms with Gasteiger partial charge < -0.3 is 10.1 Å². The summed E-state index contributed by atoms with van der Waals surface area (Å²) >= 11 is 2.02. The number of rotatable bonds is 7. The van der Waals surface area contributed by atoms with Crippen molar-refractivity contribution in [2.45, 2.75) is 31.1 Å². The molecule has 18 heavy (non-hydrogen) atoms. The zero-order valence-corrected chi connectivity index (χ0v) is 12.1. The van der Waals surface area contributed by atoms with E-state index in [0.29, 0.717) is 11.3 Å². The molecule has 100 valence electrons. The van der Waals surface area contributed by atoms with Crippen LogP contribution in [0.2, 0.25) is 0 Å². The smallest absolute Gasteiger partial charge is 0.0607 e. The van der Waals surface area contributed by atoms with Crippen molar-refractivity contribution in [3.63, 3.8) is 0 Å². The van der Waals surface area contributed by atoms with Gasteiger partial charge in [0.15, 0.2) is 0 Å². The molecule has 0 bridgehead atoms. The predicted octanol–water partition coefficient (Wildman–Crippen LogP) is 3.03. The third-order valence-corrected chi connectivity index (χ3v) is 4.64. The Balaban J connectivity index is 1.89. The molecular weight excluding hydrogens is 242 g/mol. The van der Waals surface area contributed by atoms with E-state index in [4.69, 9.17) is 4.74 Å². The maximum absolute atomic E-state index is 5.21. The van der Waals surface area contributed by atoms with Crippen molar-refractivity contribution < 1.29 is 4.74 Å². The zero-order valence-electron chi connectivity index (χ0n) is 11.3. The zero-order chi connectivity index (χ0) is 12.8. The number of nitrogens with one attached hydrogen (secondary N) is 1. The highest BCUT2D eigenvalue weighted by Crippen LogP contribution is 2.25. The average molecular weight is 265 g/mol. The number of benzene rings is 1. The fraction of sp³-hybridized carbons (Fsp3) is 0.600. The van der Waals surface area contributed by atoms with E-state index < -0.39 is 0 Å². The molecule has 0 aliphatic carbocycles. The van der Waals surface area contributed by atoms with E-state index >= 15 is 0 Å². The van der Waals surface area contributed by atoms with Crippen LogP contribution in [0, 0.1) is 0 Å². The summed E-state index contributed by atoms with van der Waals surface area (Å²) in [7, 11) is 2.04. The molecule has 0 aromatic heterocycles. The summed E-state index contributed by atoms with van der Waals surface area (Å²) in [6.07, 6.45) is 2.39. The first-order valence-corrected chi connectivity index (χ1v) is 7.83. The number of thioether (sulfide) groups is 1. The fourth-order valence-corrected chi connectivity index (χ4v) is 3.30. The summed E-state index contributed by atoms with van der Waals surface area (Å²) < 4.78 is 5.21. The van der Waals surface area contributed by atoms with Crippen molar-refractivity contribution in [1.29, 1.82) is 0 Å². The van der Waals surface area contributed by atoms with E-state index in [1.165, 1.54) is 24.0 Å². The first-order chi connectivity index (χ1) is 8.83. The topological polar surface area (TPSA) is 21.3 Å². The molecule has 2 rings (SSSR count). The average Bonchev–Trinajstić information content (AvgIpc) is 2.34. The molecule has 0 radical (unpaired) electrons. The van der Waals surface area contributed by atoms with Crippen molar-refractivity contribution in [2.24, 2.45) is 0 Å². The number of hydrogen-bond acceptors (Lipinski definition) is 3. The van der Waals surface area contributed by atoms with Gasteiger partial charge in [0.25, 0.3) is 0 Å². The van der Waals surface area contributed by atoms with Crippen LogP contribution in [-0.4, -0.2) is 31.3 Å². The van der Waals surface area contributed by atoms with Crippen molar-refractivity contribution in [3.8, 4) is 0 Å². The molecule has 3 heteroatoms. The van der Waals surface area contributed by atoms with E-state index in [2.05, 4.69) is 36.5 Å². The van der Waals surface area contributed by atoms with Gasteiger partial charge in [0.05, 0.1) is 18.5 Å². The summed E-state index contributed by atoms with van der Waals surface area (Å²) in [6, 6.07) is 9.51. The Morgan fingerprint density at radius 3 is 2.56 bits per heavy atom. The minimum atomic E-state index is 0.450. The van der Waals surface area contributed by atoms with Gasteiger partial charge in [-0.25, -0.2) is 0 Å². The lowest BCUT2D eigenvalue weighted by Gasteiger charge is -2.27. The summed E-state index contributed by atoms with van der Waals surface area (Å²) in [4.78, 5) is 0. The maximum atomic E-state index is 5.21. The third-order valence-electron chi connectivity index (χ3n) is 3.38. The largest absolute Gasteiger partial charge is 0.379 e. The standard InChI is InChI=1S/C15H23NOS/c1-3-4-12-5-7-13(8-6-12)15(16-2)11-18-14-9-17-10-14/h5-8,14-16H,3-4,9-11H2,1-2H3. The Kier molecular flexibility index (Phi) is 5.54. The molecular formula is C15H23NOS. The first-order valence-electron chi connectivity index (χ1n) is 6.79. The molecule has 1 aliphatic rings. The molecule has 1 fully saturated rings. The molecule has 1 saturated heterocycles. The van der Waals surface area contributed by atoms with Gasteiger partial charge in [-0.15, -0.1) is 0 Å². The van der Waals surface area contributed by atoms with Crippen LogP contribution in [0.15, 0.2) is 24.3 Å². The Morgan fingerprint density at radius 2 is 2.06 bits per heavy atom. The van der Waals surface area contributed by atoms with Crippen LogP contribution < -0.4 is 5.32 Å². The van der Waals surface area contributed by atoms with E-state index in [-0.39, 0.29) is 0 Å². The van der Waals surface area contributed by atoms with E-state index in [9.17, 15) is 0 Å². The Morgan fingerprint density at radius 1 is 1.33 bits per heavy atom. The van der Waals surface area contributed by atoms with Crippen molar-refractivity contribution in [1.82, 2.24) is 5.32 Å². The van der Waals surface area contributed by atoms with Crippen LogP contribution in [0.5, 0.6) is 0 Å². The lowest BCUT2D eigenvalue weighted by molar-refractivity contribution is 0.0455. The maximum Gasteiger partial charge on any atom is 0.0607 e. The quantitative estimate of drug-likeness (QED) is 0.819. The second-order valence-corrected chi connectivity index (χ2v) is 6.16. The van der Waals surface area contributed by atoms with Crippen LogP contribution in [0.4, 0.5) is 0 Å². The fourth-order valence-electron chi connectivity index (χ4n) is 2.09. The molecule has 1 unspecified atom stereocenters. The van der Waals surface area contributed by atoms with E-state index in [1.54, 1.807) is 0 Å². The van der Waals surface area contributed by atoms with Gasteiger partial charge in [0, 0.05) is 11.8 Å². The Bertz CT molecular complexity index is 348. The summed E-state index contributed by atoms with van der Waals surface area (Å²) in [5.74, 6) is 1.12. The van der Waals surface area contributed by atoms with Crippen molar-refractivity contribution in [2.75, 3.05) is 26.0 Å².